The number of anilines is 1. The summed E-state index contributed by atoms with van der Waals surface area (Å²) in [4.78, 5) is 25.2. The molecule has 3 heterocycles. The summed E-state index contributed by atoms with van der Waals surface area (Å²) in [5, 5.41) is 8.65. The highest BCUT2D eigenvalue weighted by Gasteiger charge is 2.24. The molecule has 3 aromatic rings. The van der Waals surface area contributed by atoms with Gasteiger partial charge in [0, 0.05) is 38.9 Å². The van der Waals surface area contributed by atoms with Crippen LogP contribution < -0.4 is 9.64 Å². The summed E-state index contributed by atoms with van der Waals surface area (Å²) in [6.07, 6.45) is 3.21. The van der Waals surface area contributed by atoms with Gasteiger partial charge in [-0.3, -0.25) is 9.48 Å². The molecule has 0 aliphatic carbocycles. The van der Waals surface area contributed by atoms with E-state index in [4.69, 9.17) is 4.74 Å². The van der Waals surface area contributed by atoms with Gasteiger partial charge in [-0.25, -0.2) is 9.97 Å². The van der Waals surface area contributed by atoms with E-state index in [1.807, 2.05) is 24.8 Å². The lowest BCUT2D eigenvalue weighted by molar-refractivity contribution is 0.0740. The molecular weight excluding hydrogens is 358 g/mol. The summed E-state index contributed by atoms with van der Waals surface area (Å²) in [5.41, 5.74) is 2.31. The van der Waals surface area contributed by atoms with Gasteiger partial charge in [0.15, 0.2) is 5.69 Å². The van der Waals surface area contributed by atoms with Gasteiger partial charge >= 0.3 is 0 Å². The molecule has 1 aliphatic heterocycles. The molecule has 4 rings (SSSR count). The minimum absolute atomic E-state index is 0.0393. The van der Waals surface area contributed by atoms with Crippen LogP contribution in [-0.4, -0.2) is 68.1 Å². The van der Waals surface area contributed by atoms with Gasteiger partial charge < -0.3 is 14.5 Å². The molecule has 0 saturated carbocycles. The summed E-state index contributed by atoms with van der Waals surface area (Å²) in [7, 11) is 1.75. The number of carbonyl (C=O) groups is 1. The van der Waals surface area contributed by atoms with Gasteiger partial charge in [0.25, 0.3) is 5.91 Å². The van der Waals surface area contributed by atoms with Gasteiger partial charge in [0.1, 0.15) is 6.33 Å². The minimum atomic E-state index is -0.0766. The first-order valence-electron chi connectivity index (χ1n) is 9.33. The molecule has 0 N–H and O–H groups in total. The van der Waals surface area contributed by atoms with E-state index >= 15 is 0 Å². The van der Waals surface area contributed by atoms with Crippen molar-refractivity contribution in [2.75, 3.05) is 31.1 Å². The molecule has 0 unspecified atom stereocenters. The SMILES string of the molecule is CC(C)Oc1ncnc2ccc(N3CCN(C(=O)c4cn(C)nn4)CC3)cc12. The van der Waals surface area contributed by atoms with E-state index in [0.717, 1.165) is 29.7 Å². The molecule has 9 heteroatoms. The van der Waals surface area contributed by atoms with Crippen LogP contribution in [0.4, 0.5) is 5.69 Å². The molecule has 146 valence electrons. The van der Waals surface area contributed by atoms with Crippen molar-refractivity contribution in [3.63, 3.8) is 0 Å². The normalized spacial score (nSPS) is 14.7. The number of benzene rings is 1. The maximum absolute atomic E-state index is 12.5. The van der Waals surface area contributed by atoms with E-state index in [1.165, 1.54) is 11.0 Å². The maximum atomic E-state index is 12.5. The number of aryl methyl sites for hydroxylation is 1. The third-order valence-corrected chi connectivity index (χ3v) is 4.68. The summed E-state index contributed by atoms with van der Waals surface area (Å²) in [6, 6.07) is 6.10. The predicted octanol–water partition coefficient (Wildman–Crippen LogP) is 1.51. The number of hydrogen-bond donors (Lipinski definition) is 0. The number of aromatic nitrogens is 5. The molecule has 1 amide bonds. The van der Waals surface area contributed by atoms with Crippen LogP contribution in [0.1, 0.15) is 24.3 Å². The van der Waals surface area contributed by atoms with Crippen LogP contribution in [0.2, 0.25) is 0 Å². The molecule has 0 spiro atoms. The van der Waals surface area contributed by atoms with Crippen LogP contribution in [0, 0.1) is 0 Å². The number of piperazine rings is 1. The molecule has 0 atom stereocenters. The van der Waals surface area contributed by atoms with Crippen LogP contribution in [0.25, 0.3) is 10.9 Å². The van der Waals surface area contributed by atoms with Crippen molar-refractivity contribution < 1.29 is 9.53 Å². The fourth-order valence-corrected chi connectivity index (χ4v) is 3.31. The van der Waals surface area contributed by atoms with Crippen molar-refractivity contribution in [3.8, 4) is 5.88 Å². The number of nitrogens with zero attached hydrogens (tertiary/aromatic N) is 7. The Labute approximate surface area is 162 Å². The van der Waals surface area contributed by atoms with Crippen molar-refractivity contribution in [2.45, 2.75) is 20.0 Å². The Balaban J connectivity index is 1.50. The molecular formula is C19H23N7O2. The third kappa shape index (κ3) is 3.60. The van der Waals surface area contributed by atoms with Crippen molar-refractivity contribution in [2.24, 2.45) is 7.05 Å². The Morgan fingerprint density at radius 1 is 1.14 bits per heavy atom. The topological polar surface area (TPSA) is 89.3 Å². The van der Waals surface area contributed by atoms with Crippen LogP contribution >= 0.6 is 0 Å². The second-order valence-electron chi connectivity index (χ2n) is 7.10. The predicted molar refractivity (Wildman–Crippen MR) is 104 cm³/mol. The van der Waals surface area contributed by atoms with Gasteiger partial charge in [0.2, 0.25) is 5.88 Å². The van der Waals surface area contributed by atoms with Crippen LogP contribution in [0.5, 0.6) is 5.88 Å². The second-order valence-corrected chi connectivity index (χ2v) is 7.10. The van der Waals surface area contributed by atoms with E-state index in [-0.39, 0.29) is 12.0 Å². The third-order valence-electron chi connectivity index (χ3n) is 4.68. The Morgan fingerprint density at radius 3 is 2.61 bits per heavy atom. The zero-order chi connectivity index (χ0) is 19.7. The Hall–Kier alpha value is -3.23. The number of hydrogen-bond acceptors (Lipinski definition) is 7. The van der Waals surface area contributed by atoms with Crippen molar-refractivity contribution >= 4 is 22.5 Å². The molecule has 1 saturated heterocycles. The number of ether oxygens (including phenoxy) is 1. The standard InChI is InChI=1S/C19H23N7O2/c1-13(2)28-18-15-10-14(4-5-16(15)20-12-21-18)25-6-8-26(9-7-25)19(27)17-11-24(3)23-22-17/h4-5,10-13H,6-9H2,1-3H3. The largest absolute Gasteiger partial charge is 0.474 e. The summed E-state index contributed by atoms with van der Waals surface area (Å²) in [5.74, 6) is 0.519. The van der Waals surface area contributed by atoms with Gasteiger partial charge in [-0.2, -0.15) is 0 Å². The number of fused-ring (bicyclic) bond motifs is 1. The highest BCUT2D eigenvalue weighted by molar-refractivity contribution is 5.92. The molecule has 1 fully saturated rings. The quantitative estimate of drug-likeness (QED) is 0.677. The lowest BCUT2D eigenvalue weighted by Crippen LogP contribution is -2.48. The van der Waals surface area contributed by atoms with Crippen LogP contribution in [-0.2, 0) is 7.05 Å². The Morgan fingerprint density at radius 2 is 1.93 bits per heavy atom. The van der Waals surface area contributed by atoms with Gasteiger partial charge in [0.05, 0.1) is 23.2 Å². The number of carbonyl (C=O) groups excluding carboxylic acids is 1. The van der Waals surface area contributed by atoms with Gasteiger partial charge in [-0.1, -0.05) is 5.21 Å². The average Bonchev–Trinajstić information content (AvgIpc) is 3.13. The first kappa shape index (κ1) is 18.1. The van der Waals surface area contributed by atoms with Crippen molar-refractivity contribution in [1.29, 1.82) is 0 Å². The van der Waals surface area contributed by atoms with E-state index in [9.17, 15) is 4.79 Å². The maximum Gasteiger partial charge on any atom is 0.276 e. The van der Waals surface area contributed by atoms with Crippen molar-refractivity contribution in [3.05, 3.63) is 36.4 Å². The van der Waals surface area contributed by atoms with Gasteiger partial charge in [-0.15, -0.1) is 5.10 Å². The molecule has 1 aliphatic rings. The van der Waals surface area contributed by atoms with E-state index < -0.39 is 0 Å². The van der Waals surface area contributed by atoms with Crippen LogP contribution in [0.15, 0.2) is 30.7 Å². The fourth-order valence-electron chi connectivity index (χ4n) is 3.31. The summed E-state index contributed by atoms with van der Waals surface area (Å²) < 4.78 is 7.37. The zero-order valence-electron chi connectivity index (χ0n) is 16.2. The molecule has 28 heavy (non-hydrogen) atoms. The van der Waals surface area contributed by atoms with Crippen molar-refractivity contribution in [1.82, 2.24) is 29.9 Å². The molecule has 0 radical (unpaired) electrons. The summed E-state index contributed by atoms with van der Waals surface area (Å²) >= 11 is 0. The zero-order valence-corrected chi connectivity index (χ0v) is 16.2. The van der Waals surface area contributed by atoms with E-state index in [0.29, 0.717) is 24.7 Å². The van der Waals surface area contributed by atoms with E-state index in [1.54, 1.807) is 13.2 Å². The lowest BCUT2D eigenvalue weighted by Gasteiger charge is -2.35. The number of rotatable bonds is 4. The number of amides is 1. The highest BCUT2D eigenvalue weighted by Crippen LogP contribution is 2.28. The highest BCUT2D eigenvalue weighted by atomic mass is 16.5. The molecule has 1 aromatic carbocycles. The lowest BCUT2D eigenvalue weighted by atomic mass is 10.2. The first-order chi connectivity index (χ1) is 13.5. The molecule has 9 nitrogen and oxygen atoms in total. The second kappa shape index (κ2) is 7.41. The monoisotopic (exact) mass is 381 g/mol. The molecule has 2 aromatic heterocycles. The Bertz CT molecular complexity index is 993. The summed E-state index contributed by atoms with van der Waals surface area (Å²) in [6.45, 7) is 6.70. The fraction of sp³-hybridized carbons (Fsp3) is 0.421. The molecule has 0 bridgehead atoms. The minimum Gasteiger partial charge on any atom is -0.474 e. The van der Waals surface area contributed by atoms with Gasteiger partial charge in [-0.05, 0) is 32.0 Å². The van der Waals surface area contributed by atoms with E-state index in [2.05, 4.69) is 37.3 Å². The Kier molecular flexibility index (Phi) is 4.81. The first-order valence-corrected chi connectivity index (χ1v) is 9.33. The smallest absolute Gasteiger partial charge is 0.276 e. The van der Waals surface area contributed by atoms with Crippen LogP contribution in [0.3, 0.4) is 0 Å². The average molecular weight is 381 g/mol.